The van der Waals surface area contributed by atoms with Crippen LogP contribution in [0.4, 0.5) is 4.79 Å². The first-order valence-electron chi connectivity index (χ1n) is 7.19. The largest absolute Gasteiger partial charge is 0.496 e. The summed E-state index contributed by atoms with van der Waals surface area (Å²) in [7, 11) is 3.14. The Kier molecular flexibility index (Phi) is 5.65. The number of ether oxygens (including phenoxy) is 3. The Labute approximate surface area is 158 Å². The van der Waals surface area contributed by atoms with Crippen LogP contribution in [-0.2, 0) is 4.74 Å². The van der Waals surface area contributed by atoms with Gasteiger partial charge < -0.3 is 14.2 Å². The van der Waals surface area contributed by atoms with E-state index in [1.807, 2.05) is 39.0 Å². The van der Waals surface area contributed by atoms with E-state index in [9.17, 15) is 4.79 Å². The third kappa shape index (κ3) is 4.13. The SMILES string of the molecule is COc1cc(Br)cc(OC)c1-c1cc(Br)cn1C(=O)OC(C)(C)C. The molecule has 0 saturated carbocycles. The van der Waals surface area contributed by atoms with Gasteiger partial charge in [0.25, 0.3) is 0 Å². The van der Waals surface area contributed by atoms with Crippen molar-refractivity contribution in [3.05, 3.63) is 33.3 Å². The normalized spacial score (nSPS) is 11.3. The molecule has 1 heterocycles. The number of aromatic nitrogens is 1. The number of hydrogen-bond acceptors (Lipinski definition) is 4. The summed E-state index contributed by atoms with van der Waals surface area (Å²) in [6.07, 6.45) is 1.18. The van der Waals surface area contributed by atoms with Crippen molar-refractivity contribution in [3.8, 4) is 22.8 Å². The number of hydrogen-bond donors (Lipinski definition) is 0. The number of nitrogens with zero attached hydrogens (tertiary/aromatic N) is 1. The molecule has 5 nitrogen and oxygen atoms in total. The van der Waals surface area contributed by atoms with Crippen LogP contribution in [-0.4, -0.2) is 30.5 Å². The van der Waals surface area contributed by atoms with Gasteiger partial charge in [0.1, 0.15) is 17.1 Å². The van der Waals surface area contributed by atoms with E-state index >= 15 is 0 Å². The molecule has 2 rings (SSSR count). The predicted octanol–water partition coefficient (Wildman–Crippen LogP) is 5.48. The highest BCUT2D eigenvalue weighted by Gasteiger charge is 2.24. The minimum Gasteiger partial charge on any atom is -0.496 e. The van der Waals surface area contributed by atoms with Crippen LogP contribution in [0.1, 0.15) is 20.8 Å². The summed E-state index contributed by atoms with van der Waals surface area (Å²) < 4.78 is 19.4. The van der Waals surface area contributed by atoms with Crippen molar-refractivity contribution in [3.63, 3.8) is 0 Å². The van der Waals surface area contributed by atoms with Gasteiger partial charge in [-0.15, -0.1) is 0 Å². The maximum absolute atomic E-state index is 12.6. The second-order valence-electron chi connectivity index (χ2n) is 6.08. The van der Waals surface area contributed by atoms with Crippen LogP contribution in [0.25, 0.3) is 11.3 Å². The molecule has 0 aliphatic carbocycles. The summed E-state index contributed by atoms with van der Waals surface area (Å²) in [4.78, 5) is 12.6. The third-order valence-electron chi connectivity index (χ3n) is 3.10. The Morgan fingerprint density at radius 3 is 2.00 bits per heavy atom. The smallest absolute Gasteiger partial charge is 0.419 e. The zero-order chi connectivity index (χ0) is 18.1. The van der Waals surface area contributed by atoms with E-state index < -0.39 is 11.7 Å². The van der Waals surface area contributed by atoms with E-state index in [2.05, 4.69) is 31.9 Å². The quantitative estimate of drug-likeness (QED) is 0.608. The summed E-state index contributed by atoms with van der Waals surface area (Å²) in [6.45, 7) is 5.47. The Morgan fingerprint density at radius 1 is 1.00 bits per heavy atom. The van der Waals surface area contributed by atoms with Crippen molar-refractivity contribution in [2.75, 3.05) is 14.2 Å². The molecule has 2 aromatic rings. The minimum absolute atomic E-state index is 0.477. The first-order valence-corrected chi connectivity index (χ1v) is 8.78. The molecule has 0 saturated heterocycles. The number of benzene rings is 1. The average Bonchev–Trinajstić information content (AvgIpc) is 2.86. The van der Waals surface area contributed by atoms with Crippen LogP contribution in [0.2, 0.25) is 0 Å². The van der Waals surface area contributed by atoms with Crippen molar-refractivity contribution in [2.45, 2.75) is 26.4 Å². The molecule has 24 heavy (non-hydrogen) atoms. The maximum atomic E-state index is 12.6. The molecule has 0 spiro atoms. The van der Waals surface area contributed by atoms with Gasteiger partial charge >= 0.3 is 6.09 Å². The Bertz CT molecular complexity index is 737. The first-order chi connectivity index (χ1) is 11.2. The summed E-state index contributed by atoms with van der Waals surface area (Å²) in [5.74, 6) is 1.16. The monoisotopic (exact) mass is 459 g/mol. The second kappa shape index (κ2) is 7.19. The molecule has 0 radical (unpaired) electrons. The minimum atomic E-state index is -0.598. The molecule has 130 valence electrons. The van der Waals surface area contributed by atoms with Gasteiger partial charge in [-0.2, -0.15) is 0 Å². The van der Waals surface area contributed by atoms with Gasteiger partial charge in [0.05, 0.1) is 25.5 Å². The van der Waals surface area contributed by atoms with Crippen LogP contribution < -0.4 is 9.47 Å². The maximum Gasteiger partial charge on any atom is 0.419 e. The summed E-state index contributed by atoms with van der Waals surface area (Å²) in [5.41, 5.74) is 0.677. The van der Waals surface area contributed by atoms with Gasteiger partial charge in [0.15, 0.2) is 0 Å². The second-order valence-corrected chi connectivity index (χ2v) is 7.91. The lowest BCUT2D eigenvalue weighted by molar-refractivity contribution is 0.0540. The summed E-state index contributed by atoms with van der Waals surface area (Å²) >= 11 is 6.84. The van der Waals surface area contributed by atoms with Crippen LogP contribution >= 0.6 is 31.9 Å². The third-order valence-corrected chi connectivity index (χ3v) is 4.00. The molecule has 0 fully saturated rings. The highest BCUT2D eigenvalue weighted by atomic mass is 79.9. The van der Waals surface area contributed by atoms with Crippen molar-refractivity contribution in [2.24, 2.45) is 0 Å². The van der Waals surface area contributed by atoms with Crippen molar-refractivity contribution >= 4 is 38.0 Å². The zero-order valence-electron chi connectivity index (χ0n) is 14.1. The molecule has 0 amide bonds. The lowest BCUT2D eigenvalue weighted by Crippen LogP contribution is -2.27. The van der Waals surface area contributed by atoms with E-state index in [4.69, 9.17) is 14.2 Å². The molecule has 0 unspecified atom stereocenters. The topological polar surface area (TPSA) is 49.7 Å². The average molecular weight is 461 g/mol. The van der Waals surface area contributed by atoms with E-state index in [0.29, 0.717) is 22.8 Å². The number of carbonyl (C=O) groups is 1. The predicted molar refractivity (Wildman–Crippen MR) is 100 cm³/mol. The van der Waals surface area contributed by atoms with Gasteiger partial charge in [-0.25, -0.2) is 4.79 Å². The van der Waals surface area contributed by atoms with E-state index in [1.165, 1.54) is 4.57 Å². The molecule has 0 bridgehead atoms. The lowest BCUT2D eigenvalue weighted by Gasteiger charge is -2.21. The number of halogens is 2. The molecular formula is C17H19Br2NO4. The molecular weight excluding hydrogens is 442 g/mol. The Morgan fingerprint density at radius 2 is 1.54 bits per heavy atom. The molecule has 1 aromatic heterocycles. The van der Waals surface area contributed by atoms with Crippen molar-refractivity contribution < 1.29 is 19.0 Å². The van der Waals surface area contributed by atoms with Crippen LogP contribution in [0.3, 0.4) is 0 Å². The first kappa shape index (κ1) is 18.9. The standard InChI is InChI=1S/C17H19Br2NO4/c1-17(2,3)24-16(21)20-9-11(19)6-12(20)15-13(22-4)7-10(18)8-14(15)23-5/h6-9H,1-5H3. The van der Waals surface area contributed by atoms with Gasteiger partial charge in [0.2, 0.25) is 0 Å². The Balaban J connectivity index is 2.64. The highest BCUT2D eigenvalue weighted by molar-refractivity contribution is 9.10. The summed E-state index contributed by atoms with van der Waals surface area (Å²) in [5, 5.41) is 0. The molecule has 1 aromatic carbocycles. The van der Waals surface area contributed by atoms with Crippen molar-refractivity contribution in [1.29, 1.82) is 0 Å². The number of methoxy groups -OCH3 is 2. The molecule has 0 atom stereocenters. The van der Waals surface area contributed by atoms with Gasteiger partial charge in [-0.3, -0.25) is 4.57 Å². The van der Waals surface area contributed by atoms with Gasteiger partial charge in [-0.05, 0) is 54.9 Å². The van der Waals surface area contributed by atoms with Crippen LogP contribution in [0, 0.1) is 0 Å². The molecule has 0 aliphatic rings. The lowest BCUT2D eigenvalue weighted by atomic mass is 10.1. The fourth-order valence-corrected chi connectivity index (χ4v) is 3.05. The fraction of sp³-hybridized carbons (Fsp3) is 0.353. The highest BCUT2D eigenvalue weighted by Crippen LogP contribution is 2.42. The molecule has 0 N–H and O–H groups in total. The molecule has 0 aliphatic heterocycles. The zero-order valence-corrected chi connectivity index (χ0v) is 17.3. The van der Waals surface area contributed by atoms with E-state index in [-0.39, 0.29) is 0 Å². The van der Waals surface area contributed by atoms with E-state index in [1.54, 1.807) is 20.4 Å². The van der Waals surface area contributed by atoms with Crippen LogP contribution in [0.15, 0.2) is 33.3 Å². The number of carbonyl (C=O) groups excluding carboxylic acids is 1. The number of rotatable bonds is 3. The summed E-state index contributed by atoms with van der Waals surface area (Å²) in [6, 6.07) is 5.45. The van der Waals surface area contributed by atoms with Crippen LogP contribution in [0.5, 0.6) is 11.5 Å². The van der Waals surface area contributed by atoms with Crippen molar-refractivity contribution in [1.82, 2.24) is 4.57 Å². The van der Waals surface area contributed by atoms with Gasteiger partial charge in [0, 0.05) is 15.1 Å². The Hall–Kier alpha value is -1.47. The van der Waals surface area contributed by atoms with Gasteiger partial charge in [-0.1, -0.05) is 15.9 Å². The fourth-order valence-electron chi connectivity index (χ4n) is 2.22. The van der Waals surface area contributed by atoms with E-state index in [0.717, 1.165) is 8.95 Å². The molecule has 7 heteroatoms.